The van der Waals surface area contributed by atoms with Gasteiger partial charge in [0.05, 0.1) is 12.8 Å². The minimum Gasteiger partial charge on any atom is -0.495 e. The number of carbonyl (C=O) groups is 2. The van der Waals surface area contributed by atoms with Crippen LogP contribution in [0.2, 0.25) is 0 Å². The minimum absolute atomic E-state index is 0.0254. The summed E-state index contributed by atoms with van der Waals surface area (Å²) < 4.78 is 5.36. The molecule has 152 valence electrons. The normalized spacial score (nSPS) is 17.1. The molecule has 3 amide bonds. The van der Waals surface area contributed by atoms with E-state index in [0.29, 0.717) is 45.0 Å². The largest absolute Gasteiger partial charge is 0.495 e. The molecular formula is C20H24N6O3. The Morgan fingerprint density at radius 1 is 1.07 bits per heavy atom. The summed E-state index contributed by atoms with van der Waals surface area (Å²) in [6, 6.07) is 9.12. The van der Waals surface area contributed by atoms with Crippen molar-refractivity contribution in [2.75, 3.05) is 62.7 Å². The topological polar surface area (TPSA) is 82.1 Å². The van der Waals surface area contributed by atoms with E-state index in [4.69, 9.17) is 4.74 Å². The molecule has 0 radical (unpaired) electrons. The number of urea groups is 1. The second-order valence-corrected chi connectivity index (χ2v) is 6.96. The maximum Gasteiger partial charge on any atom is 0.325 e. The van der Waals surface area contributed by atoms with Crippen LogP contribution in [0, 0.1) is 0 Å². The molecule has 4 rings (SSSR count). The first-order chi connectivity index (χ1) is 14.2. The number of nitrogens with zero attached hydrogens (tertiary/aromatic N) is 6. The number of benzene rings is 1. The first-order valence-electron chi connectivity index (χ1n) is 9.65. The highest BCUT2D eigenvalue weighted by molar-refractivity contribution is 5.97. The fourth-order valence-electron chi connectivity index (χ4n) is 3.72. The second-order valence-electron chi connectivity index (χ2n) is 6.96. The van der Waals surface area contributed by atoms with Crippen molar-refractivity contribution in [1.82, 2.24) is 19.8 Å². The summed E-state index contributed by atoms with van der Waals surface area (Å²) in [4.78, 5) is 41.0. The number of aromatic nitrogens is 2. The van der Waals surface area contributed by atoms with Gasteiger partial charge in [-0.05, 0) is 18.2 Å². The molecule has 29 heavy (non-hydrogen) atoms. The highest BCUT2D eigenvalue weighted by Gasteiger charge is 2.33. The van der Waals surface area contributed by atoms with Crippen molar-refractivity contribution >= 4 is 23.4 Å². The highest BCUT2D eigenvalue weighted by Crippen LogP contribution is 2.30. The van der Waals surface area contributed by atoms with Gasteiger partial charge in [-0.2, -0.15) is 0 Å². The molecule has 0 N–H and O–H groups in total. The van der Waals surface area contributed by atoms with E-state index in [2.05, 4.69) is 14.9 Å². The number of hydrogen-bond donors (Lipinski definition) is 0. The molecule has 3 heterocycles. The van der Waals surface area contributed by atoms with E-state index in [1.54, 1.807) is 23.1 Å². The van der Waals surface area contributed by atoms with Gasteiger partial charge in [-0.25, -0.2) is 14.8 Å². The average Bonchev–Trinajstić information content (AvgIpc) is 3.14. The summed E-state index contributed by atoms with van der Waals surface area (Å²) in [5.74, 6) is 1.49. The Bertz CT molecular complexity index is 870. The SMILES string of the molecule is COc1ccccc1N1CCN(CC(=O)N2CCN(c3ccncn3)CC2)C1=O. The van der Waals surface area contributed by atoms with Crippen LogP contribution in [0.3, 0.4) is 0 Å². The number of para-hydroxylation sites is 2. The number of ether oxygens (including phenoxy) is 1. The van der Waals surface area contributed by atoms with Crippen molar-refractivity contribution in [3.05, 3.63) is 42.9 Å². The zero-order valence-corrected chi connectivity index (χ0v) is 16.4. The average molecular weight is 396 g/mol. The Balaban J connectivity index is 1.33. The summed E-state index contributed by atoms with van der Waals surface area (Å²) in [6.07, 6.45) is 3.24. The molecule has 2 aliphatic rings. The van der Waals surface area contributed by atoms with Gasteiger partial charge in [0.25, 0.3) is 0 Å². The minimum atomic E-state index is -0.164. The lowest BCUT2D eigenvalue weighted by Crippen LogP contribution is -2.51. The number of carbonyl (C=O) groups excluding carboxylic acids is 2. The van der Waals surface area contributed by atoms with Gasteiger partial charge in [-0.3, -0.25) is 9.69 Å². The van der Waals surface area contributed by atoms with E-state index >= 15 is 0 Å². The van der Waals surface area contributed by atoms with Crippen LogP contribution in [-0.4, -0.2) is 84.6 Å². The Morgan fingerprint density at radius 2 is 1.86 bits per heavy atom. The third kappa shape index (κ3) is 3.94. The zero-order valence-electron chi connectivity index (χ0n) is 16.4. The zero-order chi connectivity index (χ0) is 20.2. The third-order valence-electron chi connectivity index (χ3n) is 5.32. The summed E-state index contributed by atoms with van der Waals surface area (Å²) in [5.41, 5.74) is 0.730. The van der Waals surface area contributed by atoms with Crippen molar-refractivity contribution < 1.29 is 14.3 Å². The van der Waals surface area contributed by atoms with Crippen LogP contribution in [0.5, 0.6) is 5.75 Å². The molecule has 2 fully saturated rings. The molecular weight excluding hydrogens is 372 g/mol. The van der Waals surface area contributed by atoms with Crippen LogP contribution >= 0.6 is 0 Å². The van der Waals surface area contributed by atoms with Crippen molar-refractivity contribution in [2.45, 2.75) is 0 Å². The van der Waals surface area contributed by atoms with Gasteiger partial charge in [0.1, 0.15) is 24.4 Å². The van der Waals surface area contributed by atoms with E-state index in [-0.39, 0.29) is 18.5 Å². The molecule has 0 spiro atoms. The lowest BCUT2D eigenvalue weighted by atomic mass is 10.2. The van der Waals surface area contributed by atoms with Crippen LogP contribution in [-0.2, 0) is 4.79 Å². The molecule has 0 aliphatic carbocycles. The summed E-state index contributed by atoms with van der Waals surface area (Å²) in [6.45, 7) is 3.80. The van der Waals surface area contributed by atoms with Crippen LogP contribution in [0.15, 0.2) is 42.9 Å². The monoisotopic (exact) mass is 396 g/mol. The molecule has 1 aromatic carbocycles. The van der Waals surface area contributed by atoms with Gasteiger partial charge in [0.2, 0.25) is 5.91 Å². The molecule has 2 aliphatic heterocycles. The molecule has 0 unspecified atom stereocenters. The summed E-state index contributed by atoms with van der Waals surface area (Å²) in [7, 11) is 1.59. The van der Waals surface area contributed by atoms with Crippen molar-refractivity contribution in [3.63, 3.8) is 0 Å². The van der Waals surface area contributed by atoms with E-state index in [1.807, 2.05) is 35.2 Å². The number of anilines is 2. The number of piperazine rings is 1. The molecule has 0 atom stereocenters. The van der Waals surface area contributed by atoms with Gasteiger partial charge in [0, 0.05) is 45.5 Å². The molecule has 2 aromatic rings. The summed E-state index contributed by atoms with van der Waals surface area (Å²) >= 11 is 0. The number of methoxy groups -OCH3 is 1. The van der Waals surface area contributed by atoms with Crippen molar-refractivity contribution in [1.29, 1.82) is 0 Å². The molecule has 2 saturated heterocycles. The lowest BCUT2D eigenvalue weighted by Gasteiger charge is -2.36. The first kappa shape index (κ1) is 19.0. The van der Waals surface area contributed by atoms with Crippen molar-refractivity contribution in [2.24, 2.45) is 0 Å². The standard InChI is InChI=1S/C20H24N6O3/c1-29-17-5-3-2-4-16(17)26-13-12-25(20(26)28)14-19(27)24-10-8-23(9-11-24)18-6-7-21-15-22-18/h2-7,15H,8-14H2,1H3. The third-order valence-corrected chi connectivity index (χ3v) is 5.32. The van der Waals surface area contributed by atoms with E-state index < -0.39 is 0 Å². The second kappa shape index (κ2) is 8.34. The quantitative estimate of drug-likeness (QED) is 0.752. The Morgan fingerprint density at radius 3 is 2.59 bits per heavy atom. The van der Waals surface area contributed by atoms with Crippen LogP contribution in [0.25, 0.3) is 0 Å². The Hall–Kier alpha value is -3.36. The predicted molar refractivity (Wildman–Crippen MR) is 108 cm³/mol. The molecule has 9 nitrogen and oxygen atoms in total. The number of rotatable bonds is 5. The van der Waals surface area contributed by atoms with Crippen LogP contribution in [0.4, 0.5) is 16.3 Å². The smallest absolute Gasteiger partial charge is 0.325 e. The fourth-order valence-corrected chi connectivity index (χ4v) is 3.72. The van der Waals surface area contributed by atoms with Crippen LogP contribution < -0.4 is 14.5 Å². The highest BCUT2D eigenvalue weighted by atomic mass is 16.5. The predicted octanol–water partition coefficient (Wildman–Crippen LogP) is 1.08. The van der Waals surface area contributed by atoms with Gasteiger partial charge in [-0.15, -0.1) is 0 Å². The van der Waals surface area contributed by atoms with Crippen molar-refractivity contribution in [3.8, 4) is 5.75 Å². The molecule has 0 saturated carbocycles. The Labute approximate surface area is 169 Å². The molecule has 0 bridgehead atoms. The van der Waals surface area contributed by atoms with Gasteiger partial charge >= 0.3 is 6.03 Å². The molecule has 9 heteroatoms. The number of amides is 3. The van der Waals surface area contributed by atoms with Gasteiger partial charge in [-0.1, -0.05) is 12.1 Å². The van der Waals surface area contributed by atoms with E-state index in [9.17, 15) is 9.59 Å². The first-order valence-corrected chi connectivity index (χ1v) is 9.65. The maximum absolute atomic E-state index is 12.8. The molecule has 1 aromatic heterocycles. The fraction of sp³-hybridized carbons (Fsp3) is 0.400. The van der Waals surface area contributed by atoms with Gasteiger partial charge < -0.3 is 19.4 Å². The lowest BCUT2D eigenvalue weighted by molar-refractivity contribution is -0.131. The van der Waals surface area contributed by atoms with Crippen LogP contribution in [0.1, 0.15) is 0 Å². The maximum atomic E-state index is 12.8. The summed E-state index contributed by atoms with van der Waals surface area (Å²) in [5, 5.41) is 0. The van der Waals surface area contributed by atoms with Gasteiger partial charge in [0.15, 0.2) is 0 Å². The van der Waals surface area contributed by atoms with E-state index in [0.717, 1.165) is 11.5 Å². The number of hydrogen-bond acceptors (Lipinski definition) is 6. The van der Waals surface area contributed by atoms with E-state index in [1.165, 1.54) is 6.33 Å². The Kier molecular flexibility index (Phi) is 5.46.